The fraction of sp³-hybridized carbons (Fsp3) is 0.545. The third-order valence-corrected chi connectivity index (χ3v) is 5.15. The molecule has 29 heavy (non-hydrogen) atoms. The number of hydrogen-bond donors (Lipinski definition) is 2. The third kappa shape index (κ3) is 7.97. The molecule has 2 heterocycles. The Morgan fingerprint density at radius 2 is 2.07 bits per heavy atom. The summed E-state index contributed by atoms with van der Waals surface area (Å²) in [5.74, 6) is 0.922. The third-order valence-electron chi connectivity index (χ3n) is 5.15. The summed E-state index contributed by atoms with van der Waals surface area (Å²) in [6.45, 7) is 9.92. The molecule has 1 saturated heterocycles. The van der Waals surface area contributed by atoms with Gasteiger partial charge in [-0.2, -0.15) is 5.10 Å². The van der Waals surface area contributed by atoms with Crippen LogP contribution < -0.4 is 10.6 Å². The first-order chi connectivity index (χ1) is 13.7. The van der Waals surface area contributed by atoms with E-state index in [-0.39, 0.29) is 24.0 Å². The first-order valence-corrected chi connectivity index (χ1v) is 10.5. The van der Waals surface area contributed by atoms with E-state index in [1.165, 1.54) is 30.5 Å². The van der Waals surface area contributed by atoms with Crippen LogP contribution in [0, 0.1) is 6.92 Å². The minimum absolute atomic E-state index is 0. The molecule has 0 radical (unpaired) electrons. The van der Waals surface area contributed by atoms with E-state index in [0.717, 1.165) is 45.1 Å². The maximum Gasteiger partial charge on any atom is 0.191 e. The lowest BCUT2D eigenvalue weighted by molar-refractivity contribution is 0.250. The first kappa shape index (κ1) is 23.7. The predicted octanol–water partition coefficient (Wildman–Crippen LogP) is 3.42. The summed E-state index contributed by atoms with van der Waals surface area (Å²) in [5, 5.41) is 11.2. The Balaban J connectivity index is 0.00000300. The van der Waals surface area contributed by atoms with Crippen LogP contribution in [0.3, 0.4) is 0 Å². The fourth-order valence-electron chi connectivity index (χ4n) is 3.70. The average molecular weight is 510 g/mol. The van der Waals surface area contributed by atoms with Crippen molar-refractivity contribution in [3.8, 4) is 0 Å². The molecule has 2 N–H and O–H groups in total. The number of aryl methyl sites for hydroxylation is 2. The number of halogens is 1. The van der Waals surface area contributed by atoms with Gasteiger partial charge in [0.15, 0.2) is 5.96 Å². The summed E-state index contributed by atoms with van der Waals surface area (Å²) in [5.41, 5.74) is 2.59. The zero-order valence-electron chi connectivity index (χ0n) is 17.7. The molecule has 7 heteroatoms. The molecule has 2 aromatic rings. The molecule has 1 atom stereocenters. The van der Waals surface area contributed by atoms with Gasteiger partial charge in [-0.15, -0.1) is 24.0 Å². The van der Waals surface area contributed by atoms with Crippen molar-refractivity contribution in [3.63, 3.8) is 0 Å². The van der Waals surface area contributed by atoms with Gasteiger partial charge in [-0.05, 0) is 50.8 Å². The number of hydrogen-bond acceptors (Lipinski definition) is 3. The molecule has 1 unspecified atom stereocenters. The zero-order chi connectivity index (χ0) is 19.6. The molecule has 160 valence electrons. The van der Waals surface area contributed by atoms with Crippen molar-refractivity contribution in [2.24, 2.45) is 4.99 Å². The lowest BCUT2D eigenvalue weighted by atomic mass is 10.2. The van der Waals surface area contributed by atoms with E-state index in [1.807, 2.05) is 10.9 Å². The van der Waals surface area contributed by atoms with E-state index >= 15 is 0 Å². The molecule has 1 aromatic carbocycles. The minimum Gasteiger partial charge on any atom is -0.357 e. The Labute approximate surface area is 192 Å². The number of guanidine groups is 1. The lowest BCUT2D eigenvalue weighted by Gasteiger charge is -2.23. The van der Waals surface area contributed by atoms with Crippen LogP contribution in [0.25, 0.3) is 0 Å². The smallest absolute Gasteiger partial charge is 0.191 e. The van der Waals surface area contributed by atoms with Gasteiger partial charge in [-0.1, -0.05) is 30.3 Å². The molecule has 0 spiro atoms. The molecular weight excluding hydrogens is 475 g/mol. The maximum absolute atomic E-state index is 4.87. The zero-order valence-corrected chi connectivity index (χ0v) is 20.0. The van der Waals surface area contributed by atoms with E-state index in [1.54, 1.807) is 0 Å². The van der Waals surface area contributed by atoms with Crippen LogP contribution in [0.1, 0.15) is 37.3 Å². The van der Waals surface area contributed by atoms with Crippen molar-refractivity contribution in [2.45, 2.75) is 52.2 Å². The van der Waals surface area contributed by atoms with Gasteiger partial charge in [0.05, 0.1) is 12.7 Å². The molecule has 3 rings (SSSR count). The van der Waals surface area contributed by atoms with Gasteiger partial charge < -0.3 is 10.6 Å². The molecule has 0 aliphatic carbocycles. The fourth-order valence-corrected chi connectivity index (χ4v) is 3.70. The van der Waals surface area contributed by atoms with Crippen molar-refractivity contribution in [1.82, 2.24) is 25.3 Å². The molecule has 1 fully saturated rings. The standard InChI is InChI=1S/C22H34N6.HI/c1-3-23-22(24-12-8-14-28-17-19(2)15-26-28)25-16-21-11-7-13-27(21)18-20-9-5-4-6-10-20;/h4-6,9-10,15,17,21H,3,7-8,11-14,16,18H2,1-2H3,(H2,23,24,25);1H. The highest BCUT2D eigenvalue weighted by molar-refractivity contribution is 14.0. The minimum atomic E-state index is 0. The highest BCUT2D eigenvalue weighted by atomic mass is 127. The summed E-state index contributed by atoms with van der Waals surface area (Å²) >= 11 is 0. The molecular formula is C22H35IN6. The summed E-state index contributed by atoms with van der Waals surface area (Å²) in [6.07, 6.45) is 7.51. The number of likely N-dealkylation sites (tertiary alicyclic amines) is 1. The predicted molar refractivity (Wildman–Crippen MR) is 131 cm³/mol. The molecule has 0 saturated carbocycles. The van der Waals surface area contributed by atoms with Crippen LogP contribution in [0.15, 0.2) is 47.7 Å². The second-order valence-corrected chi connectivity index (χ2v) is 7.53. The summed E-state index contributed by atoms with van der Waals surface area (Å²) in [6, 6.07) is 11.3. The van der Waals surface area contributed by atoms with Crippen LogP contribution in [0.4, 0.5) is 0 Å². The molecule has 0 bridgehead atoms. The monoisotopic (exact) mass is 510 g/mol. The van der Waals surface area contributed by atoms with Crippen LogP contribution in [-0.2, 0) is 13.1 Å². The van der Waals surface area contributed by atoms with E-state index in [2.05, 4.69) is 71.0 Å². The molecule has 1 aliphatic heterocycles. The van der Waals surface area contributed by atoms with E-state index in [9.17, 15) is 0 Å². The van der Waals surface area contributed by atoms with E-state index in [4.69, 9.17) is 4.99 Å². The summed E-state index contributed by atoms with van der Waals surface area (Å²) in [7, 11) is 0. The Bertz CT molecular complexity index is 730. The number of nitrogens with zero attached hydrogens (tertiary/aromatic N) is 4. The van der Waals surface area contributed by atoms with Crippen LogP contribution >= 0.6 is 24.0 Å². The number of aliphatic imine (C=N–C) groups is 1. The Morgan fingerprint density at radius 1 is 1.24 bits per heavy atom. The lowest BCUT2D eigenvalue weighted by Crippen LogP contribution is -2.39. The number of nitrogens with one attached hydrogen (secondary N) is 2. The topological polar surface area (TPSA) is 57.5 Å². The average Bonchev–Trinajstić information content (AvgIpc) is 3.32. The van der Waals surface area contributed by atoms with Gasteiger partial charge in [0.2, 0.25) is 0 Å². The number of aromatic nitrogens is 2. The van der Waals surface area contributed by atoms with Crippen LogP contribution in [-0.4, -0.2) is 52.9 Å². The Kier molecular flexibility index (Phi) is 10.5. The van der Waals surface area contributed by atoms with E-state index in [0.29, 0.717) is 6.04 Å². The van der Waals surface area contributed by atoms with Gasteiger partial charge in [0.25, 0.3) is 0 Å². The van der Waals surface area contributed by atoms with Gasteiger partial charge in [-0.25, -0.2) is 0 Å². The Hall–Kier alpha value is -1.61. The maximum atomic E-state index is 4.87. The highest BCUT2D eigenvalue weighted by Crippen LogP contribution is 2.20. The van der Waals surface area contributed by atoms with Crippen molar-refractivity contribution >= 4 is 29.9 Å². The van der Waals surface area contributed by atoms with E-state index < -0.39 is 0 Å². The van der Waals surface area contributed by atoms with Crippen LogP contribution in [0.2, 0.25) is 0 Å². The van der Waals surface area contributed by atoms with Gasteiger partial charge in [-0.3, -0.25) is 14.6 Å². The first-order valence-electron chi connectivity index (χ1n) is 10.5. The molecule has 1 aliphatic rings. The number of benzene rings is 1. The highest BCUT2D eigenvalue weighted by Gasteiger charge is 2.24. The van der Waals surface area contributed by atoms with Gasteiger partial charge >= 0.3 is 0 Å². The van der Waals surface area contributed by atoms with Crippen molar-refractivity contribution in [3.05, 3.63) is 53.9 Å². The van der Waals surface area contributed by atoms with Crippen molar-refractivity contribution < 1.29 is 0 Å². The largest absolute Gasteiger partial charge is 0.357 e. The molecule has 6 nitrogen and oxygen atoms in total. The second kappa shape index (κ2) is 12.8. The quantitative estimate of drug-likeness (QED) is 0.235. The Morgan fingerprint density at radius 3 is 2.79 bits per heavy atom. The van der Waals surface area contributed by atoms with Gasteiger partial charge in [0.1, 0.15) is 0 Å². The second-order valence-electron chi connectivity index (χ2n) is 7.53. The SMILES string of the molecule is CCNC(=NCC1CCCN1Cc1ccccc1)NCCCn1cc(C)cn1.I. The molecule has 1 aromatic heterocycles. The van der Waals surface area contributed by atoms with Gasteiger partial charge in [0, 0.05) is 38.4 Å². The van der Waals surface area contributed by atoms with Crippen molar-refractivity contribution in [1.29, 1.82) is 0 Å². The van der Waals surface area contributed by atoms with Crippen LogP contribution in [0.5, 0.6) is 0 Å². The normalized spacial score (nSPS) is 17.2. The van der Waals surface area contributed by atoms with Crippen molar-refractivity contribution in [2.75, 3.05) is 26.2 Å². The summed E-state index contributed by atoms with van der Waals surface area (Å²) in [4.78, 5) is 7.44. The molecule has 0 amide bonds. The summed E-state index contributed by atoms with van der Waals surface area (Å²) < 4.78 is 2.00. The number of rotatable bonds is 9.